The minimum absolute atomic E-state index is 0.0295. The van der Waals surface area contributed by atoms with E-state index in [0.29, 0.717) is 37.0 Å². The predicted molar refractivity (Wildman–Crippen MR) is 142 cm³/mol. The fraction of sp³-hybridized carbons (Fsp3) is 0.440. The number of aryl methyl sites for hydroxylation is 1. The Morgan fingerprint density at radius 2 is 1.89 bits per heavy atom. The van der Waals surface area contributed by atoms with Gasteiger partial charge in [0.25, 0.3) is 11.8 Å². The molecule has 0 aliphatic carbocycles. The Hall–Kier alpha value is -2.72. The quantitative estimate of drug-likeness (QED) is 0.639. The number of carbonyl (C=O) groups is 3. The van der Waals surface area contributed by atoms with Gasteiger partial charge in [0.2, 0.25) is 5.91 Å². The zero-order chi connectivity index (χ0) is 25.1. The molecule has 35 heavy (non-hydrogen) atoms. The van der Waals surface area contributed by atoms with Crippen LogP contribution in [-0.2, 0) is 10.5 Å². The maximum Gasteiger partial charge on any atom is 0.273 e. The molecular formula is C25H31N5O3S2. The smallest absolute Gasteiger partial charge is 0.273 e. The van der Waals surface area contributed by atoms with Crippen molar-refractivity contribution in [3.05, 3.63) is 58.4 Å². The van der Waals surface area contributed by atoms with Crippen LogP contribution in [0.25, 0.3) is 0 Å². The molecule has 0 saturated carbocycles. The van der Waals surface area contributed by atoms with Crippen LogP contribution in [0.3, 0.4) is 0 Å². The zero-order valence-electron chi connectivity index (χ0n) is 20.5. The number of hydrogen-bond donors (Lipinski definition) is 2. The number of H-pyrrole nitrogens is 1. The predicted octanol–water partition coefficient (Wildman–Crippen LogP) is 3.42. The van der Waals surface area contributed by atoms with Crippen molar-refractivity contribution >= 4 is 46.4 Å². The average Bonchev–Trinajstić information content (AvgIpc) is 3.49. The lowest BCUT2D eigenvalue weighted by atomic mass is 9.99. The van der Waals surface area contributed by atoms with Gasteiger partial charge < -0.3 is 14.8 Å². The van der Waals surface area contributed by atoms with Crippen LogP contribution >= 0.6 is 23.5 Å². The second kappa shape index (κ2) is 10.9. The van der Waals surface area contributed by atoms with E-state index >= 15 is 0 Å². The lowest BCUT2D eigenvalue weighted by molar-refractivity contribution is -0.130. The van der Waals surface area contributed by atoms with Gasteiger partial charge in [0.15, 0.2) is 5.17 Å². The molecule has 1 saturated heterocycles. The first-order chi connectivity index (χ1) is 16.7. The van der Waals surface area contributed by atoms with Gasteiger partial charge in [-0.25, -0.2) is 0 Å². The van der Waals surface area contributed by atoms with E-state index in [1.54, 1.807) is 53.7 Å². The first kappa shape index (κ1) is 25.4. The van der Waals surface area contributed by atoms with Crippen LogP contribution in [0.5, 0.6) is 0 Å². The standard InChI is InChI=1S/C25H31N5O3S2/c1-15-12-19(13-20(16(15)2)23(33)30-10-8-29(9-11-30)18(4)31)14-34-24-17(3)27-25(35-24)28-22(32)21-6-5-7-26-21/h5-7,12-13,17,24,26H,8-11,14H2,1-4H3,(H,27,28,32). The van der Waals surface area contributed by atoms with E-state index < -0.39 is 0 Å². The molecule has 0 bridgehead atoms. The average molecular weight is 514 g/mol. The number of aromatic nitrogens is 1. The number of amides is 3. The number of aromatic amines is 1. The first-order valence-electron chi connectivity index (χ1n) is 11.7. The zero-order valence-corrected chi connectivity index (χ0v) is 22.1. The summed E-state index contributed by atoms with van der Waals surface area (Å²) in [6.07, 6.45) is 1.72. The molecule has 0 radical (unpaired) electrons. The summed E-state index contributed by atoms with van der Waals surface area (Å²) < 4.78 is 0.175. The number of nitrogens with one attached hydrogen (secondary N) is 2. The largest absolute Gasteiger partial charge is 0.357 e. The van der Waals surface area contributed by atoms with Crippen molar-refractivity contribution in [3.8, 4) is 0 Å². The van der Waals surface area contributed by atoms with E-state index in [1.165, 1.54) is 0 Å². The van der Waals surface area contributed by atoms with E-state index in [-0.39, 0.29) is 28.3 Å². The van der Waals surface area contributed by atoms with Gasteiger partial charge in [-0.15, -0.1) is 11.8 Å². The van der Waals surface area contributed by atoms with Crippen LogP contribution in [0.1, 0.15) is 51.4 Å². The number of rotatable bonds is 5. The summed E-state index contributed by atoms with van der Waals surface area (Å²) in [5.41, 5.74) is 4.43. The van der Waals surface area contributed by atoms with Crippen molar-refractivity contribution in [2.24, 2.45) is 4.99 Å². The number of carbonyl (C=O) groups excluding carboxylic acids is 3. The van der Waals surface area contributed by atoms with Gasteiger partial charge in [0, 0.05) is 50.6 Å². The van der Waals surface area contributed by atoms with Gasteiger partial charge in [-0.3, -0.25) is 24.7 Å². The SMILES string of the molecule is CC(=O)N1CCN(C(=O)c2cc(CSC3SC(NC(=O)c4ccc[nH]4)=NC3C)cc(C)c2C)CC1. The molecule has 2 N–H and O–H groups in total. The summed E-state index contributed by atoms with van der Waals surface area (Å²) in [6.45, 7) is 9.92. The molecule has 2 aliphatic heterocycles. The van der Waals surface area contributed by atoms with Gasteiger partial charge in [0.05, 0.1) is 10.6 Å². The number of nitrogens with zero attached hydrogens (tertiary/aromatic N) is 3. The summed E-state index contributed by atoms with van der Waals surface area (Å²) >= 11 is 3.33. The number of piperazine rings is 1. The topological polar surface area (TPSA) is 97.9 Å². The number of hydrogen-bond acceptors (Lipinski definition) is 6. The van der Waals surface area contributed by atoms with E-state index in [9.17, 15) is 14.4 Å². The Bertz CT molecular complexity index is 1140. The summed E-state index contributed by atoms with van der Waals surface area (Å²) in [6, 6.07) is 7.73. The summed E-state index contributed by atoms with van der Waals surface area (Å²) in [4.78, 5) is 48.4. The molecule has 2 atom stereocenters. The molecule has 3 heterocycles. The van der Waals surface area contributed by atoms with Crippen LogP contribution in [0.15, 0.2) is 35.5 Å². The lowest BCUT2D eigenvalue weighted by Crippen LogP contribution is -2.50. The molecule has 186 valence electrons. The van der Waals surface area contributed by atoms with Crippen LogP contribution < -0.4 is 5.32 Å². The Morgan fingerprint density at radius 1 is 1.17 bits per heavy atom. The molecule has 1 aromatic heterocycles. The second-order valence-corrected chi connectivity index (χ2v) is 11.5. The third-order valence-electron chi connectivity index (χ3n) is 6.39. The Morgan fingerprint density at radius 3 is 2.54 bits per heavy atom. The van der Waals surface area contributed by atoms with Crippen molar-refractivity contribution in [1.82, 2.24) is 20.1 Å². The number of thioether (sulfide) groups is 2. The highest BCUT2D eigenvalue weighted by molar-refractivity contribution is 8.25. The number of amidine groups is 1. The summed E-state index contributed by atoms with van der Waals surface area (Å²) in [5.74, 6) is 0.634. The lowest BCUT2D eigenvalue weighted by Gasteiger charge is -2.34. The fourth-order valence-corrected chi connectivity index (χ4v) is 6.64. The third-order valence-corrected chi connectivity index (χ3v) is 9.37. The highest BCUT2D eigenvalue weighted by atomic mass is 32.2. The highest BCUT2D eigenvalue weighted by Crippen LogP contribution is 2.37. The molecule has 1 fully saturated rings. The molecule has 2 unspecified atom stereocenters. The van der Waals surface area contributed by atoms with Gasteiger partial charge >= 0.3 is 0 Å². The highest BCUT2D eigenvalue weighted by Gasteiger charge is 2.29. The summed E-state index contributed by atoms with van der Waals surface area (Å²) in [7, 11) is 0. The molecule has 2 aliphatic rings. The minimum atomic E-state index is -0.194. The number of aliphatic imine (C=N–C) groups is 1. The van der Waals surface area contributed by atoms with Crippen LogP contribution in [0, 0.1) is 13.8 Å². The van der Waals surface area contributed by atoms with Gasteiger partial charge in [-0.2, -0.15) is 0 Å². The van der Waals surface area contributed by atoms with E-state index in [2.05, 4.69) is 28.3 Å². The Balaban J connectivity index is 1.36. The molecule has 0 spiro atoms. The molecule has 8 nitrogen and oxygen atoms in total. The van der Waals surface area contributed by atoms with E-state index in [0.717, 1.165) is 28.0 Å². The van der Waals surface area contributed by atoms with Crippen LogP contribution in [0.2, 0.25) is 0 Å². The maximum absolute atomic E-state index is 13.3. The summed E-state index contributed by atoms with van der Waals surface area (Å²) in [5, 5.41) is 3.52. The molecule has 10 heteroatoms. The van der Waals surface area contributed by atoms with Crippen molar-refractivity contribution < 1.29 is 14.4 Å². The van der Waals surface area contributed by atoms with Gasteiger partial charge in [0.1, 0.15) is 5.69 Å². The van der Waals surface area contributed by atoms with E-state index in [1.807, 2.05) is 24.8 Å². The minimum Gasteiger partial charge on any atom is -0.357 e. The molecule has 2 aromatic rings. The molecular weight excluding hydrogens is 482 g/mol. The molecule has 1 aromatic carbocycles. The molecule has 4 rings (SSSR count). The Kier molecular flexibility index (Phi) is 7.91. The second-order valence-electron chi connectivity index (χ2n) is 8.89. The first-order valence-corrected chi connectivity index (χ1v) is 13.6. The Labute approximate surface area is 214 Å². The van der Waals surface area contributed by atoms with Crippen molar-refractivity contribution in [1.29, 1.82) is 0 Å². The fourth-order valence-electron chi connectivity index (χ4n) is 4.17. The maximum atomic E-state index is 13.3. The number of benzene rings is 1. The van der Waals surface area contributed by atoms with Crippen molar-refractivity contribution in [2.75, 3.05) is 26.2 Å². The normalized spacial score (nSPS) is 20.1. The monoisotopic (exact) mass is 513 g/mol. The van der Waals surface area contributed by atoms with Gasteiger partial charge in [-0.1, -0.05) is 17.8 Å². The van der Waals surface area contributed by atoms with Gasteiger partial charge in [-0.05, 0) is 55.7 Å². The van der Waals surface area contributed by atoms with Crippen LogP contribution in [0.4, 0.5) is 0 Å². The van der Waals surface area contributed by atoms with Crippen LogP contribution in [-0.4, -0.2) is 74.5 Å². The third kappa shape index (κ3) is 5.92. The van der Waals surface area contributed by atoms with E-state index in [4.69, 9.17) is 0 Å². The van der Waals surface area contributed by atoms with Crippen molar-refractivity contribution in [2.45, 2.75) is 44.1 Å². The molecule has 3 amide bonds. The van der Waals surface area contributed by atoms with Crippen molar-refractivity contribution in [3.63, 3.8) is 0 Å².